The molecule has 0 saturated carbocycles. The molecule has 0 aromatic heterocycles. The van der Waals surface area contributed by atoms with Crippen molar-refractivity contribution in [3.63, 3.8) is 0 Å². The molecule has 0 heterocycles. The number of hydrogen-bond acceptors (Lipinski definition) is 1. The SMILES string of the molecule is C=C/C=C(\C=C)CCC(C)OCC. The molecule has 0 radical (unpaired) electrons. The molecule has 1 atom stereocenters. The standard InChI is InChI=1S/C12H20O/c1-5-8-12(6-2)10-9-11(4)13-7-3/h5-6,8,11H,1-2,7,9-10H2,3-4H3/b12-8+. The number of allylic oxidation sites excluding steroid dienone is 4. The third-order valence-electron chi connectivity index (χ3n) is 1.88. The van der Waals surface area contributed by atoms with Crippen LogP contribution >= 0.6 is 0 Å². The van der Waals surface area contributed by atoms with Crippen LogP contribution in [0.4, 0.5) is 0 Å². The zero-order chi connectivity index (χ0) is 10.1. The smallest absolute Gasteiger partial charge is 0.0550 e. The van der Waals surface area contributed by atoms with Crippen molar-refractivity contribution >= 4 is 0 Å². The van der Waals surface area contributed by atoms with Crippen molar-refractivity contribution in [2.24, 2.45) is 0 Å². The molecular weight excluding hydrogens is 160 g/mol. The van der Waals surface area contributed by atoms with E-state index in [0.717, 1.165) is 19.4 Å². The van der Waals surface area contributed by atoms with Gasteiger partial charge in [0.05, 0.1) is 6.10 Å². The molecule has 0 aliphatic rings. The van der Waals surface area contributed by atoms with Crippen LogP contribution in [-0.2, 0) is 4.74 Å². The highest BCUT2D eigenvalue weighted by Gasteiger charge is 2.00. The van der Waals surface area contributed by atoms with E-state index < -0.39 is 0 Å². The lowest BCUT2D eigenvalue weighted by Gasteiger charge is -2.11. The maximum atomic E-state index is 5.43. The average Bonchev–Trinajstić information content (AvgIpc) is 2.12. The van der Waals surface area contributed by atoms with Crippen LogP contribution in [-0.4, -0.2) is 12.7 Å². The molecule has 0 saturated heterocycles. The summed E-state index contributed by atoms with van der Waals surface area (Å²) in [6.45, 7) is 12.3. The summed E-state index contributed by atoms with van der Waals surface area (Å²) in [7, 11) is 0. The van der Waals surface area contributed by atoms with Gasteiger partial charge in [-0.3, -0.25) is 0 Å². The van der Waals surface area contributed by atoms with Crippen molar-refractivity contribution in [2.45, 2.75) is 32.8 Å². The predicted molar refractivity (Wildman–Crippen MR) is 58.8 cm³/mol. The summed E-state index contributed by atoms with van der Waals surface area (Å²) < 4.78 is 5.43. The second-order valence-corrected chi connectivity index (χ2v) is 2.99. The summed E-state index contributed by atoms with van der Waals surface area (Å²) in [5, 5.41) is 0. The molecule has 1 unspecified atom stereocenters. The van der Waals surface area contributed by atoms with Crippen LogP contribution in [0.15, 0.2) is 37.0 Å². The zero-order valence-corrected chi connectivity index (χ0v) is 8.75. The Kier molecular flexibility index (Phi) is 7.32. The molecule has 0 aromatic carbocycles. The third-order valence-corrected chi connectivity index (χ3v) is 1.88. The molecule has 0 amide bonds. The lowest BCUT2D eigenvalue weighted by atomic mass is 10.1. The van der Waals surface area contributed by atoms with Crippen LogP contribution in [0, 0.1) is 0 Å². The molecular formula is C12H20O. The van der Waals surface area contributed by atoms with Gasteiger partial charge in [-0.15, -0.1) is 0 Å². The average molecular weight is 180 g/mol. The number of rotatable bonds is 7. The Morgan fingerprint density at radius 1 is 1.46 bits per heavy atom. The van der Waals surface area contributed by atoms with E-state index in [2.05, 4.69) is 20.1 Å². The lowest BCUT2D eigenvalue weighted by Crippen LogP contribution is -2.07. The van der Waals surface area contributed by atoms with E-state index in [-0.39, 0.29) is 0 Å². The van der Waals surface area contributed by atoms with Crippen LogP contribution in [0.25, 0.3) is 0 Å². The van der Waals surface area contributed by atoms with Gasteiger partial charge in [0.1, 0.15) is 0 Å². The van der Waals surface area contributed by atoms with Crippen molar-refractivity contribution in [2.75, 3.05) is 6.61 Å². The first-order chi connectivity index (χ1) is 6.24. The Bertz CT molecular complexity index is 180. The summed E-state index contributed by atoms with van der Waals surface area (Å²) >= 11 is 0. The van der Waals surface area contributed by atoms with Gasteiger partial charge in [0.25, 0.3) is 0 Å². The predicted octanol–water partition coefficient (Wildman–Crippen LogP) is 3.49. The van der Waals surface area contributed by atoms with Crippen LogP contribution in [0.2, 0.25) is 0 Å². The van der Waals surface area contributed by atoms with Gasteiger partial charge >= 0.3 is 0 Å². The van der Waals surface area contributed by atoms with E-state index in [1.54, 1.807) is 6.08 Å². The van der Waals surface area contributed by atoms with Gasteiger partial charge in [-0.2, -0.15) is 0 Å². The van der Waals surface area contributed by atoms with Gasteiger partial charge in [0.2, 0.25) is 0 Å². The van der Waals surface area contributed by atoms with Gasteiger partial charge in [-0.05, 0) is 32.3 Å². The Hall–Kier alpha value is -0.820. The molecule has 0 fully saturated rings. The van der Waals surface area contributed by atoms with Gasteiger partial charge in [0.15, 0.2) is 0 Å². The number of hydrogen-bond donors (Lipinski definition) is 0. The van der Waals surface area contributed by atoms with E-state index in [4.69, 9.17) is 4.74 Å². The van der Waals surface area contributed by atoms with Crippen LogP contribution in [0.1, 0.15) is 26.7 Å². The number of ether oxygens (including phenoxy) is 1. The van der Waals surface area contributed by atoms with Crippen molar-refractivity contribution < 1.29 is 4.74 Å². The molecule has 0 rings (SSSR count). The lowest BCUT2D eigenvalue weighted by molar-refractivity contribution is 0.0707. The third kappa shape index (κ3) is 6.35. The first-order valence-electron chi connectivity index (χ1n) is 4.80. The van der Waals surface area contributed by atoms with Crippen LogP contribution in [0.5, 0.6) is 0 Å². The fourth-order valence-corrected chi connectivity index (χ4v) is 1.14. The summed E-state index contributed by atoms with van der Waals surface area (Å²) in [6.07, 6.45) is 8.04. The Morgan fingerprint density at radius 3 is 2.62 bits per heavy atom. The van der Waals surface area contributed by atoms with E-state index in [1.165, 1.54) is 5.57 Å². The second-order valence-electron chi connectivity index (χ2n) is 2.99. The highest BCUT2D eigenvalue weighted by molar-refractivity contribution is 5.20. The summed E-state index contributed by atoms with van der Waals surface area (Å²) in [5.41, 5.74) is 1.22. The first kappa shape index (κ1) is 12.2. The Morgan fingerprint density at radius 2 is 2.15 bits per heavy atom. The fourth-order valence-electron chi connectivity index (χ4n) is 1.14. The first-order valence-corrected chi connectivity index (χ1v) is 4.80. The maximum Gasteiger partial charge on any atom is 0.0550 e. The molecule has 13 heavy (non-hydrogen) atoms. The van der Waals surface area contributed by atoms with Gasteiger partial charge in [0, 0.05) is 6.61 Å². The molecule has 0 N–H and O–H groups in total. The van der Waals surface area contributed by atoms with Crippen molar-refractivity contribution in [1.82, 2.24) is 0 Å². The van der Waals surface area contributed by atoms with E-state index in [9.17, 15) is 0 Å². The molecule has 74 valence electrons. The van der Waals surface area contributed by atoms with Crippen molar-refractivity contribution in [1.29, 1.82) is 0 Å². The largest absolute Gasteiger partial charge is 0.379 e. The van der Waals surface area contributed by atoms with E-state index in [0.29, 0.717) is 6.10 Å². The monoisotopic (exact) mass is 180 g/mol. The van der Waals surface area contributed by atoms with E-state index in [1.807, 2.05) is 19.1 Å². The summed E-state index contributed by atoms with van der Waals surface area (Å²) in [4.78, 5) is 0. The fraction of sp³-hybridized carbons (Fsp3) is 0.500. The topological polar surface area (TPSA) is 9.23 Å². The van der Waals surface area contributed by atoms with Gasteiger partial charge in [-0.1, -0.05) is 31.4 Å². The highest BCUT2D eigenvalue weighted by Crippen LogP contribution is 2.10. The molecule has 0 bridgehead atoms. The molecule has 0 aliphatic carbocycles. The molecule has 0 aromatic rings. The van der Waals surface area contributed by atoms with Crippen molar-refractivity contribution in [3.05, 3.63) is 37.0 Å². The molecule has 0 aliphatic heterocycles. The minimum atomic E-state index is 0.332. The summed E-state index contributed by atoms with van der Waals surface area (Å²) in [5.74, 6) is 0. The molecule has 1 heteroatoms. The maximum absolute atomic E-state index is 5.43. The highest BCUT2D eigenvalue weighted by atomic mass is 16.5. The van der Waals surface area contributed by atoms with Gasteiger partial charge < -0.3 is 4.74 Å². The van der Waals surface area contributed by atoms with Crippen LogP contribution < -0.4 is 0 Å². The molecule has 0 spiro atoms. The van der Waals surface area contributed by atoms with Gasteiger partial charge in [-0.25, -0.2) is 0 Å². The normalized spacial score (nSPS) is 13.8. The van der Waals surface area contributed by atoms with Crippen LogP contribution in [0.3, 0.4) is 0 Å². The van der Waals surface area contributed by atoms with E-state index >= 15 is 0 Å². The minimum Gasteiger partial charge on any atom is -0.379 e. The van der Waals surface area contributed by atoms with Crippen molar-refractivity contribution in [3.8, 4) is 0 Å². The Labute approximate surface area is 81.8 Å². The quantitative estimate of drug-likeness (QED) is 0.545. The second kappa shape index (κ2) is 7.81. The minimum absolute atomic E-state index is 0.332. The zero-order valence-electron chi connectivity index (χ0n) is 8.75. The molecule has 1 nitrogen and oxygen atoms in total. The summed E-state index contributed by atoms with van der Waals surface area (Å²) in [6, 6.07) is 0. The Balaban J connectivity index is 3.77.